The van der Waals surface area contributed by atoms with Gasteiger partial charge in [0.15, 0.2) is 11.5 Å². The molecule has 1 aromatic heterocycles. The second kappa shape index (κ2) is 7.21. The summed E-state index contributed by atoms with van der Waals surface area (Å²) in [5.41, 5.74) is 3.46. The molecule has 0 bridgehead atoms. The van der Waals surface area contributed by atoms with E-state index in [-0.39, 0.29) is 17.4 Å². The molecule has 1 aromatic carbocycles. The lowest BCUT2D eigenvalue weighted by Gasteiger charge is -2.46. The molecular weight excluding hydrogens is 388 g/mol. The Bertz CT molecular complexity index is 938. The van der Waals surface area contributed by atoms with Crippen LogP contribution in [0.25, 0.3) is 0 Å². The summed E-state index contributed by atoms with van der Waals surface area (Å²) in [5, 5.41) is 0.443. The number of carbonyl (C=O) groups is 1. The van der Waals surface area contributed by atoms with Gasteiger partial charge in [0, 0.05) is 18.2 Å². The summed E-state index contributed by atoms with van der Waals surface area (Å²) in [5.74, 6) is 1.78. The average molecular weight is 413 g/mol. The summed E-state index contributed by atoms with van der Waals surface area (Å²) in [7, 11) is 0. The predicted octanol–water partition coefficient (Wildman–Crippen LogP) is 4.46. The number of carbonyl (C=O) groups excluding carboxylic acids is 1. The topological polar surface area (TPSA) is 51.7 Å². The summed E-state index contributed by atoms with van der Waals surface area (Å²) in [6.45, 7) is 4.04. The first-order valence-electron chi connectivity index (χ1n) is 10.4. The predicted molar refractivity (Wildman–Crippen MR) is 111 cm³/mol. The summed E-state index contributed by atoms with van der Waals surface area (Å²) in [4.78, 5) is 19.5. The smallest absolute Gasteiger partial charge is 0.227 e. The van der Waals surface area contributed by atoms with Crippen molar-refractivity contribution in [3.05, 3.63) is 52.3 Å². The van der Waals surface area contributed by atoms with Crippen molar-refractivity contribution in [2.45, 2.75) is 50.5 Å². The molecule has 2 aliphatic heterocycles. The van der Waals surface area contributed by atoms with Gasteiger partial charge in [0.05, 0.1) is 12.5 Å². The Kier molecular flexibility index (Phi) is 4.66. The Labute approximate surface area is 176 Å². The lowest BCUT2D eigenvalue weighted by molar-refractivity contribution is -0.134. The van der Waals surface area contributed by atoms with Crippen LogP contribution in [0.1, 0.15) is 55.3 Å². The Hall–Kier alpha value is -2.27. The van der Waals surface area contributed by atoms with E-state index < -0.39 is 0 Å². The van der Waals surface area contributed by atoms with Crippen molar-refractivity contribution in [3.8, 4) is 11.5 Å². The maximum absolute atomic E-state index is 13.3. The van der Waals surface area contributed by atoms with E-state index in [1.165, 1.54) is 24.0 Å². The van der Waals surface area contributed by atoms with Gasteiger partial charge in [-0.3, -0.25) is 4.79 Å². The lowest BCUT2D eigenvalue weighted by Crippen LogP contribution is -2.49. The number of hydrogen-bond acceptors (Lipinski definition) is 4. The molecule has 3 heterocycles. The molecule has 5 rings (SSSR count). The van der Waals surface area contributed by atoms with Crippen LogP contribution in [0.5, 0.6) is 11.5 Å². The Morgan fingerprint density at radius 2 is 1.93 bits per heavy atom. The van der Waals surface area contributed by atoms with Crippen LogP contribution in [0.15, 0.2) is 30.5 Å². The first kappa shape index (κ1) is 18.7. The van der Waals surface area contributed by atoms with E-state index in [0.717, 1.165) is 36.4 Å². The van der Waals surface area contributed by atoms with Crippen LogP contribution in [0.2, 0.25) is 5.15 Å². The number of halogens is 1. The molecule has 1 saturated carbocycles. The largest absolute Gasteiger partial charge is 0.486 e. The molecule has 1 fully saturated rings. The van der Waals surface area contributed by atoms with Gasteiger partial charge in [0.1, 0.15) is 18.4 Å². The highest BCUT2D eigenvalue weighted by molar-refractivity contribution is 6.29. The number of benzene rings is 1. The molecular formula is C23H25ClN2O3. The highest BCUT2D eigenvalue weighted by Gasteiger charge is 2.46. The van der Waals surface area contributed by atoms with Gasteiger partial charge < -0.3 is 14.4 Å². The first-order chi connectivity index (χ1) is 14.1. The van der Waals surface area contributed by atoms with E-state index in [0.29, 0.717) is 24.8 Å². The van der Waals surface area contributed by atoms with Crippen molar-refractivity contribution < 1.29 is 14.3 Å². The number of nitrogens with zero attached hydrogens (tertiary/aromatic N) is 2. The van der Waals surface area contributed by atoms with Gasteiger partial charge in [-0.15, -0.1) is 0 Å². The Morgan fingerprint density at radius 3 is 2.62 bits per heavy atom. The number of rotatable bonds is 2. The van der Waals surface area contributed by atoms with E-state index in [4.69, 9.17) is 21.1 Å². The fourth-order valence-corrected chi connectivity index (χ4v) is 5.31. The van der Waals surface area contributed by atoms with Gasteiger partial charge in [-0.2, -0.15) is 0 Å². The zero-order valence-electron chi connectivity index (χ0n) is 16.6. The van der Waals surface area contributed by atoms with Crippen LogP contribution < -0.4 is 9.47 Å². The van der Waals surface area contributed by atoms with E-state index in [1.807, 2.05) is 6.07 Å². The van der Waals surface area contributed by atoms with Crippen molar-refractivity contribution in [1.29, 1.82) is 0 Å². The molecule has 6 heteroatoms. The molecule has 1 unspecified atom stereocenters. The number of hydrogen-bond donors (Lipinski definition) is 0. The molecule has 1 spiro atoms. The van der Waals surface area contributed by atoms with E-state index >= 15 is 0 Å². The third-order valence-corrected chi connectivity index (χ3v) is 6.92. The zero-order valence-corrected chi connectivity index (χ0v) is 17.4. The van der Waals surface area contributed by atoms with Crippen LogP contribution in [-0.2, 0) is 16.6 Å². The molecule has 0 radical (unpaired) electrons. The molecule has 29 heavy (non-hydrogen) atoms. The SMILES string of the molecule is CC1c2cc3c(cc2C2(CCCC2)CN1C(=O)Cc1ccc(Cl)nc1)OCCO3. The van der Waals surface area contributed by atoms with Crippen LogP contribution in [0, 0.1) is 0 Å². The first-order valence-corrected chi connectivity index (χ1v) is 10.8. The quantitative estimate of drug-likeness (QED) is 0.683. The molecule has 0 N–H and O–H groups in total. The van der Waals surface area contributed by atoms with Crippen molar-refractivity contribution >= 4 is 17.5 Å². The number of fused-ring (bicyclic) bond motifs is 3. The monoisotopic (exact) mass is 412 g/mol. The highest BCUT2D eigenvalue weighted by Crippen LogP contribution is 2.52. The summed E-state index contributed by atoms with van der Waals surface area (Å²) < 4.78 is 11.7. The minimum absolute atomic E-state index is 0.000175. The van der Waals surface area contributed by atoms with Gasteiger partial charge in [-0.1, -0.05) is 30.5 Å². The fraction of sp³-hybridized carbons (Fsp3) is 0.478. The van der Waals surface area contributed by atoms with Crippen LogP contribution >= 0.6 is 11.6 Å². The number of aromatic nitrogens is 1. The molecule has 3 aliphatic rings. The molecule has 5 nitrogen and oxygen atoms in total. The van der Waals surface area contributed by atoms with Gasteiger partial charge in [0.2, 0.25) is 5.91 Å². The van der Waals surface area contributed by atoms with Crippen molar-refractivity contribution in [2.75, 3.05) is 19.8 Å². The minimum atomic E-state index is -0.000175. The van der Waals surface area contributed by atoms with Crippen LogP contribution in [-0.4, -0.2) is 35.5 Å². The molecule has 152 valence electrons. The Balaban J connectivity index is 1.51. The van der Waals surface area contributed by atoms with E-state index in [2.05, 4.69) is 28.9 Å². The fourth-order valence-electron chi connectivity index (χ4n) is 5.20. The number of pyridine rings is 1. The number of ether oxygens (including phenoxy) is 2. The lowest BCUT2D eigenvalue weighted by atomic mass is 9.71. The Morgan fingerprint density at radius 1 is 1.21 bits per heavy atom. The number of amides is 1. The summed E-state index contributed by atoms with van der Waals surface area (Å²) in [6, 6.07) is 7.91. The maximum atomic E-state index is 13.3. The average Bonchev–Trinajstić information content (AvgIpc) is 3.21. The normalized spacial score (nSPS) is 21.9. The third kappa shape index (κ3) is 3.25. The second-order valence-electron chi connectivity index (χ2n) is 8.43. The minimum Gasteiger partial charge on any atom is -0.486 e. The summed E-state index contributed by atoms with van der Waals surface area (Å²) in [6.07, 6.45) is 6.65. The zero-order chi connectivity index (χ0) is 20.0. The van der Waals surface area contributed by atoms with Crippen LogP contribution in [0.4, 0.5) is 0 Å². The summed E-state index contributed by atoms with van der Waals surface area (Å²) >= 11 is 5.89. The van der Waals surface area contributed by atoms with E-state index in [1.54, 1.807) is 12.3 Å². The van der Waals surface area contributed by atoms with Gasteiger partial charge in [-0.25, -0.2) is 4.98 Å². The second-order valence-corrected chi connectivity index (χ2v) is 8.82. The van der Waals surface area contributed by atoms with Crippen LogP contribution in [0.3, 0.4) is 0 Å². The van der Waals surface area contributed by atoms with Gasteiger partial charge in [0.25, 0.3) is 0 Å². The van der Waals surface area contributed by atoms with Crippen molar-refractivity contribution in [3.63, 3.8) is 0 Å². The molecule has 1 aliphatic carbocycles. The molecule has 1 atom stereocenters. The molecule has 2 aromatic rings. The van der Waals surface area contributed by atoms with Crippen molar-refractivity contribution in [2.24, 2.45) is 0 Å². The molecule has 1 amide bonds. The van der Waals surface area contributed by atoms with E-state index in [9.17, 15) is 4.79 Å². The molecule has 0 saturated heterocycles. The van der Waals surface area contributed by atoms with Crippen molar-refractivity contribution in [1.82, 2.24) is 9.88 Å². The van der Waals surface area contributed by atoms with Gasteiger partial charge >= 0.3 is 0 Å². The highest BCUT2D eigenvalue weighted by atomic mass is 35.5. The standard InChI is InChI=1S/C23H25ClN2O3/c1-15-17-11-19-20(29-9-8-28-19)12-18(17)23(6-2-3-7-23)14-26(15)22(27)10-16-4-5-21(24)25-13-16/h4-5,11-13,15H,2-3,6-10,14H2,1H3. The van der Waals surface area contributed by atoms with Gasteiger partial charge in [-0.05, 0) is 54.7 Å². The third-order valence-electron chi connectivity index (χ3n) is 6.70. The maximum Gasteiger partial charge on any atom is 0.227 e.